The summed E-state index contributed by atoms with van der Waals surface area (Å²) in [7, 11) is 0. The Morgan fingerprint density at radius 2 is 1.82 bits per heavy atom. The maximum absolute atomic E-state index is 12.4. The minimum Gasteiger partial charge on any atom is -0.507 e. The van der Waals surface area contributed by atoms with Gasteiger partial charge in [0.15, 0.2) is 0 Å². The number of carbonyl (C=O) groups is 2. The summed E-state index contributed by atoms with van der Waals surface area (Å²) in [6, 6.07) is 14.2. The number of fused-ring (bicyclic) bond motifs is 1. The number of hydrazine groups is 1. The second-order valence-electron chi connectivity index (χ2n) is 7.11. The first-order valence-electron chi connectivity index (χ1n) is 9.12. The van der Waals surface area contributed by atoms with Crippen molar-refractivity contribution in [3.63, 3.8) is 0 Å². The molecule has 0 fully saturated rings. The molecule has 1 aromatic heterocycles. The van der Waals surface area contributed by atoms with Gasteiger partial charge < -0.3 is 5.11 Å². The SMILES string of the molecule is CC[C@](C)(CC(=O)NNC(=O)c1ccccc1O)Cc1nc2ccccc2s1. The number of carbonyl (C=O) groups excluding carboxylic acids is 2. The van der Waals surface area contributed by atoms with Crippen LogP contribution in [0, 0.1) is 5.41 Å². The lowest BCUT2D eigenvalue weighted by Crippen LogP contribution is -2.43. The monoisotopic (exact) mass is 397 g/mol. The molecule has 0 saturated heterocycles. The van der Waals surface area contributed by atoms with Gasteiger partial charge in [-0.15, -0.1) is 11.3 Å². The summed E-state index contributed by atoms with van der Waals surface area (Å²) in [5.41, 5.74) is 5.60. The van der Waals surface area contributed by atoms with E-state index in [1.54, 1.807) is 23.5 Å². The maximum atomic E-state index is 12.4. The molecule has 1 atom stereocenters. The number of para-hydroxylation sites is 2. The van der Waals surface area contributed by atoms with Gasteiger partial charge in [-0.3, -0.25) is 20.4 Å². The van der Waals surface area contributed by atoms with Crippen LogP contribution in [0.25, 0.3) is 10.2 Å². The number of nitrogens with one attached hydrogen (secondary N) is 2. The van der Waals surface area contributed by atoms with Gasteiger partial charge in [0, 0.05) is 12.8 Å². The van der Waals surface area contributed by atoms with Crippen molar-refractivity contribution in [2.45, 2.75) is 33.1 Å². The van der Waals surface area contributed by atoms with E-state index in [-0.39, 0.29) is 29.1 Å². The Kier molecular flexibility index (Phi) is 5.94. The highest BCUT2D eigenvalue weighted by Gasteiger charge is 2.28. The van der Waals surface area contributed by atoms with Crippen molar-refractivity contribution in [3.05, 3.63) is 59.1 Å². The molecule has 0 spiro atoms. The summed E-state index contributed by atoms with van der Waals surface area (Å²) >= 11 is 1.64. The Hall–Kier alpha value is -2.93. The number of aromatic nitrogens is 1. The molecule has 3 rings (SSSR count). The van der Waals surface area contributed by atoms with Crippen LogP contribution < -0.4 is 10.9 Å². The number of rotatable bonds is 6. The molecule has 0 bridgehead atoms. The normalized spacial score (nSPS) is 13.1. The van der Waals surface area contributed by atoms with Crippen LogP contribution in [0.5, 0.6) is 5.75 Å². The van der Waals surface area contributed by atoms with Crippen LogP contribution in [0.15, 0.2) is 48.5 Å². The van der Waals surface area contributed by atoms with Gasteiger partial charge in [0.25, 0.3) is 5.91 Å². The molecule has 0 aliphatic carbocycles. The van der Waals surface area contributed by atoms with Crippen molar-refractivity contribution in [1.82, 2.24) is 15.8 Å². The zero-order valence-corrected chi connectivity index (χ0v) is 16.7. The molecule has 0 aliphatic heterocycles. The number of thiazole rings is 1. The van der Waals surface area contributed by atoms with Gasteiger partial charge >= 0.3 is 0 Å². The van der Waals surface area contributed by atoms with Crippen LogP contribution in [0.1, 0.15) is 42.1 Å². The smallest absolute Gasteiger partial charge is 0.273 e. The highest BCUT2D eigenvalue weighted by Crippen LogP contribution is 2.33. The molecule has 0 radical (unpaired) electrons. The van der Waals surface area contributed by atoms with Crippen LogP contribution in [-0.4, -0.2) is 21.9 Å². The van der Waals surface area contributed by atoms with Gasteiger partial charge in [-0.05, 0) is 36.1 Å². The van der Waals surface area contributed by atoms with E-state index in [1.165, 1.54) is 12.1 Å². The second kappa shape index (κ2) is 8.39. The van der Waals surface area contributed by atoms with Crippen molar-refractivity contribution in [1.29, 1.82) is 0 Å². The van der Waals surface area contributed by atoms with Gasteiger partial charge in [-0.1, -0.05) is 38.1 Å². The van der Waals surface area contributed by atoms with E-state index >= 15 is 0 Å². The van der Waals surface area contributed by atoms with Gasteiger partial charge in [0.2, 0.25) is 5.91 Å². The molecule has 7 heteroatoms. The van der Waals surface area contributed by atoms with Crippen LogP contribution >= 0.6 is 11.3 Å². The third-order valence-electron chi connectivity index (χ3n) is 4.82. The third kappa shape index (κ3) is 4.67. The van der Waals surface area contributed by atoms with Crippen molar-refractivity contribution in [2.24, 2.45) is 5.41 Å². The molecule has 0 aliphatic rings. The average molecular weight is 398 g/mol. The van der Waals surface area contributed by atoms with E-state index in [0.29, 0.717) is 6.42 Å². The lowest BCUT2D eigenvalue weighted by Gasteiger charge is -2.26. The number of benzene rings is 2. The highest BCUT2D eigenvalue weighted by atomic mass is 32.1. The van der Waals surface area contributed by atoms with Gasteiger partial charge in [-0.25, -0.2) is 4.98 Å². The first kappa shape index (κ1) is 19.8. The van der Waals surface area contributed by atoms with Crippen LogP contribution in [0.3, 0.4) is 0 Å². The molecule has 1 heterocycles. The van der Waals surface area contributed by atoms with E-state index in [2.05, 4.69) is 15.8 Å². The number of aromatic hydroxyl groups is 1. The molecule has 0 unspecified atom stereocenters. The lowest BCUT2D eigenvalue weighted by molar-refractivity contribution is -0.124. The lowest BCUT2D eigenvalue weighted by atomic mass is 9.81. The molecular formula is C21H23N3O3S. The Bertz CT molecular complexity index is 968. The fraction of sp³-hybridized carbons (Fsp3) is 0.286. The predicted molar refractivity (Wildman–Crippen MR) is 110 cm³/mol. The van der Waals surface area contributed by atoms with Crippen molar-refractivity contribution < 1.29 is 14.7 Å². The largest absolute Gasteiger partial charge is 0.507 e. The van der Waals surface area contributed by atoms with E-state index in [0.717, 1.165) is 21.6 Å². The van der Waals surface area contributed by atoms with E-state index in [9.17, 15) is 14.7 Å². The quantitative estimate of drug-likeness (QED) is 0.552. The fourth-order valence-electron chi connectivity index (χ4n) is 2.96. The number of phenolic OH excluding ortho intramolecular Hbond substituents is 1. The zero-order chi connectivity index (χ0) is 20.1. The Morgan fingerprint density at radius 3 is 2.54 bits per heavy atom. The van der Waals surface area contributed by atoms with Gasteiger partial charge in [0.05, 0.1) is 20.8 Å². The summed E-state index contributed by atoms with van der Waals surface area (Å²) in [5, 5.41) is 10.7. The van der Waals surface area contributed by atoms with Gasteiger partial charge in [0.1, 0.15) is 5.75 Å². The number of nitrogens with zero attached hydrogens (tertiary/aromatic N) is 1. The highest BCUT2D eigenvalue weighted by molar-refractivity contribution is 7.18. The molecule has 146 valence electrons. The minimum absolute atomic E-state index is 0.107. The molecule has 3 aromatic rings. The fourth-order valence-corrected chi connectivity index (χ4v) is 4.15. The van der Waals surface area contributed by atoms with Crippen LogP contribution in [-0.2, 0) is 11.2 Å². The molecule has 2 amide bonds. The Labute approximate surface area is 167 Å². The first-order chi connectivity index (χ1) is 13.4. The van der Waals surface area contributed by atoms with Crippen molar-refractivity contribution in [2.75, 3.05) is 0 Å². The average Bonchev–Trinajstić information content (AvgIpc) is 3.08. The maximum Gasteiger partial charge on any atom is 0.273 e. The van der Waals surface area contributed by atoms with Crippen molar-refractivity contribution in [3.8, 4) is 5.75 Å². The number of hydrogen-bond acceptors (Lipinski definition) is 5. The van der Waals surface area contributed by atoms with E-state index < -0.39 is 5.91 Å². The molecular weight excluding hydrogens is 374 g/mol. The topological polar surface area (TPSA) is 91.3 Å². The predicted octanol–water partition coefficient (Wildman–Crippen LogP) is 3.81. The Morgan fingerprint density at radius 1 is 1.11 bits per heavy atom. The third-order valence-corrected chi connectivity index (χ3v) is 5.86. The first-order valence-corrected chi connectivity index (χ1v) is 9.93. The molecule has 2 aromatic carbocycles. The number of hydrogen-bond donors (Lipinski definition) is 3. The van der Waals surface area contributed by atoms with Crippen LogP contribution in [0.2, 0.25) is 0 Å². The summed E-state index contributed by atoms with van der Waals surface area (Å²) in [6.45, 7) is 4.09. The van der Waals surface area contributed by atoms with Crippen molar-refractivity contribution >= 4 is 33.4 Å². The summed E-state index contributed by atoms with van der Waals surface area (Å²) < 4.78 is 1.13. The molecule has 3 N–H and O–H groups in total. The Balaban J connectivity index is 1.60. The second-order valence-corrected chi connectivity index (χ2v) is 8.23. The van der Waals surface area contributed by atoms with E-state index in [1.807, 2.05) is 38.1 Å². The zero-order valence-electron chi connectivity index (χ0n) is 15.9. The summed E-state index contributed by atoms with van der Waals surface area (Å²) in [5.74, 6) is -0.978. The summed E-state index contributed by atoms with van der Waals surface area (Å²) in [4.78, 5) is 29.2. The van der Waals surface area contributed by atoms with Gasteiger partial charge in [-0.2, -0.15) is 0 Å². The standard InChI is InChI=1S/C21H23N3O3S/c1-3-21(2,13-19-22-15-9-5-7-11-17(15)28-19)12-18(26)23-24-20(27)14-8-4-6-10-16(14)25/h4-11,25H,3,12-13H2,1-2H3,(H,23,26)(H,24,27)/t21-/m1/s1. The number of phenols is 1. The molecule has 28 heavy (non-hydrogen) atoms. The summed E-state index contributed by atoms with van der Waals surface area (Å²) in [6.07, 6.45) is 1.73. The van der Waals surface area contributed by atoms with E-state index in [4.69, 9.17) is 0 Å². The number of amides is 2. The molecule has 6 nitrogen and oxygen atoms in total. The molecule has 0 saturated carbocycles. The van der Waals surface area contributed by atoms with Crippen LogP contribution in [0.4, 0.5) is 0 Å². The minimum atomic E-state index is -0.559.